The van der Waals surface area contributed by atoms with Crippen molar-refractivity contribution in [3.8, 4) is 5.75 Å². The topological polar surface area (TPSA) is 98.5 Å². The second kappa shape index (κ2) is 6.82. The minimum Gasteiger partial charge on any atom is -0.497 e. The maximum absolute atomic E-state index is 13.1. The Morgan fingerprint density at radius 1 is 1.07 bits per heavy atom. The third kappa shape index (κ3) is 2.94. The zero-order valence-corrected chi connectivity index (χ0v) is 17.8. The molecule has 0 spiro atoms. The molecule has 2 unspecified atom stereocenters. The molecule has 1 saturated carbocycles. The fourth-order valence-corrected chi connectivity index (χ4v) is 6.80. The van der Waals surface area contributed by atoms with Crippen molar-refractivity contribution < 1.29 is 17.9 Å². The molecule has 1 amide bonds. The van der Waals surface area contributed by atoms with Crippen LogP contribution in [0.2, 0.25) is 0 Å². The minimum atomic E-state index is -3.90. The van der Waals surface area contributed by atoms with Gasteiger partial charge in [0.15, 0.2) is 0 Å². The van der Waals surface area contributed by atoms with Gasteiger partial charge in [-0.15, -0.1) is 0 Å². The number of primary amides is 1. The van der Waals surface area contributed by atoms with Crippen LogP contribution in [0.25, 0.3) is 0 Å². The summed E-state index contributed by atoms with van der Waals surface area (Å²) in [6.07, 6.45) is 6.74. The van der Waals surface area contributed by atoms with Gasteiger partial charge in [-0.3, -0.25) is 4.79 Å². The first-order valence-electron chi connectivity index (χ1n) is 10.5. The van der Waals surface area contributed by atoms with Crippen LogP contribution in [0.5, 0.6) is 5.75 Å². The number of benzene rings is 2. The summed E-state index contributed by atoms with van der Waals surface area (Å²) < 4.78 is 33.9. The summed E-state index contributed by atoms with van der Waals surface area (Å²) >= 11 is 0. The third-order valence-electron chi connectivity index (χ3n) is 6.95. The van der Waals surface area contributed by atoms with E-state index in [0.29, 0.717) is 12.2 Å². The van der Waals surface area contributed by atoms with Crippen LogP contribution in [0.15, 0.2) is 35.2 Å². The zero-order valence-electron chi connectivity index (χ0n) is 17.0. The Kier molecular flexibility index (Phi) is 4.45. The molecule has 3 N–H and O–H groups in total. The van der Waals surface area contributed by atoms with Gasteiger partial charge in [0, 0.05) is 5.92 Å². The summed E-state index contributed by atoms with van der Waals surface area (Å²) in [7, 11) is -2.38. The summed E-state index contributed by atoms with van der Waals surface area (Å²) in [5.74, 6) is -0.229. The molecule has 0 aromatic heterocycles. The van der Waals surface area contributed by atoms with E-state index >= 15 is 0 Å². The SMILES string of the molecule is COc1ccc(S(=O)(=O)NC2(C(N)=O)CC2c2c3c(cc4c2CCC4)CCC3)cc1. The number of rotatable bonds is 6. The highest BCUT2D eigenvalue weighted by molar-refractivity contribution is 7.89. The van der Waals surface area contributed by atoms with Gasteiger partial charge in [0.2, 0.25) is 15.9 Å². The van der Waals surface area contributed by atoms with Crippen LogP contribution >= 0.6 is 0 Å². The van der Waals surface area contributed by atoms with Crippen molar-refractivity contribution in [1.82, 2.24) is 4.72 Å². The third-order valence-corrected chi connectivity index (χ3v) is 8.48. The smallest absolute Gasteiger partial charge is 0.241 e. The lowest BCUT2D eigenvalue weighted by molar-refractivity contribution is -0.120. The van der Waals surface area contributed by atoms with Gasteiger partial charge < -0.3 is 10.5 Å². The van der Waals surface area contributed by atoms with Crippen LogP contribution in [0.1, 0.15) is 53.0 Å². The number of amides is 1. The van der Waals surface area contributed by atoms with Gasteiger partial charge in [-0.2, -0.15) is 4.72 Å². The number of hydrogen-bond donors (Lipinski definition) is 2. The van der Waals surface area contributed by atoms with Crippen molar-refractivity contribution in [1.29, 1.82) is 0 Å². The van der Waals surface area contributed by atoms with Gasteiger partial charge in [0.1, 0.15) is 11.3 Å². The minimum absolute atomic E-state index is 0.0955. The van der Waals surface area contributed by atoms with E-state index in [4.69, 9.17) is 10.5 Å². The van der Waals surface area contributed by atoms with Gasteiger partial charge in [-0.1, -0.05) is 6.07 Å². The number of aryl methyl sites for hydroxylation is 2. The molecule has 158 valence electrons. The molecule has 2 atom stereocenters. The number of ether oxygens (including phenoxy) is 1. The molecule has 0 saturated heterocycles. The van der Waals surface area contributed by atoms with Crippen molar-refractivity contribution in [3.63, 3.8) is 0 Å². The Morgan fingerprint density at radius 3 is 2.20 bits per heavy atom. The first-order valence-corrected chi connectivity index (χ1v) is 12.0. The lowest BCUT2D eigenvalue weighted by Gasteiger charge is -2.20. The number of fused-ring (bicyclic) bond motifs is 2. The molecule has 5 rings (SSSR count). The molecule has 0 aliphatic heterocycles. The van der Waals surface area contributed by atoms with Crippen LogP contribution in [-0.4, -0.2) is 27.0 Å². The van der Waals surface area contributed by atoms with E-state index in [2.05, 4.69) is 10.8 Å². The first-order chi connectivity index (χ1) is 14.4. The zero-order chi connectivity index (χ0) is 21.1. The highest BCUT2D eigenvalue weighted by atomic mass is 32.2. The monoisotopic (exact) mass is 426 g/mol. The predicted molar refractivity (Wildman–Crippen MR) is 113 cm³/mol. The fraction of sp³-hybridized carbons (Fsp3) is 0.435. The van der Waals surface area contributed by atoms with Crippen molar-refractivity contribution in [3.05, 3.63) is 58.1 Å². The van der Waals surface area contributed by atoms with E-state index in [0.717, 1.165) is 38.5 Å². The van der Waals surface area contributed by atoms with Crippen LogP contribution in [0.4, 0.5) is 0 Å². The average Bonchev–Trinajstić information content (AvgIpc) is 3.06. The van der Waals surface area contributed by atoms with Gasteiger partial charge >= 0.3 is 0 Å². The lowest BCUT2D eigenvalue weighted by atomic mass is 9.89. The molecule has 7 heteroatoms. The second-order valence-corrected chi connectivity index (χ2v) is 10.3. The van der Waals surface area contributed by atoms with Crippen LogP contribution in [-0.2, 0) is 40.5 Å². The molecule has 0 heterocycles. The second-order valence-electron chi connectivity index (χ2n) is 8.65. The van der Waals surface area contributed by atoms with E-state index in [1.54, 1.807) is 12.1 Å². The Balaban J connectivity index is 1.52. The number of nitrogens with one attached hydrogen (secondary N) is 1. The highest BCUT2D eigenvalue weighted by Gasteiger charge is 2.63. The molecule has 30 heavy (non-hydrogen) atoms. The van der Waals surface area contributed by atoms with Crippen molar-refractivity contribution in [2.24, 2.45) is 5.73 Å². The molecule has 2 aromatic carbocycles. The highest BCUT2D eigenvalue weighted by Crippen LogP contribution is 2.56. The molecular weight excluding hydrogens is 400 g/mol. The molecule has 6 nitrogen and oxygen atoms in total. The molecule has 0 bridgehead atoms. The number of sulfonamides is 1. The van der Waals surface area contributed by atoms with Crippen molar-refractivity contribution in [2.45, 2.75) is 61.3 Å². The maximum atomic E-state index is 13.1. The summed E-state index contributed by atoms with van der Waals surface area (Å²) in [5.41, 5.74) is 11.1. The molecule has 0 radical (unpaired) electrons. The number of methoxy groups -OCH3 is 1. The Bertz CT molecular complexity index is 1110. The van der Waals surface area contributed by atoms with E-state index in [1.165, 1.54) is 47.1 Å². The fourth-order valence-electron chi connectivity index (χ4n) is 5.38. The normalized spacial score (nSPS) is 24.4. The standard InChI is InChI=1S/C23H26N2O4S/c1-29-16-8-10-17(11-9-16)30(27,28)25-23(22(24)26)13-20(23)21-18-6-2-4-14(18)12-15-5-3-7-19(15)21/h8-12,20,25H,2-7,13H2,1H3,(H2,24,26). The predicted octanol–water partition coefficient (Wildman–Crippen LogP) is 2.36. The van der Waals surface area contributed by atoms with E-state index in [9.17, 15) is 13.2 Å². The molecule has 3 aliphatic carbocycles. The number of hydrogen-bond acceptors (Lipinski definition) is 4. The first kappa shape index (κ1) is 19.6. The average molecular weight is 427 g/mol. The number of nitrogens with two attached hydrogens (primary N) is 1. The van der Waals surface area contributed by atoms with Gasteiger partial charge in [-0.05, 0) is 97.0 Å². The Morgan fingerprint density at radius 2 is 1.67 bits per heavy atom. The van der Waals surface area contributed by atoms with Crippen LogP contribution in [0.3, 0.4) is 0 Å². The van der Waals surface area contributed by atoms with Crippen molar-refractivity contribution >= 4 is 15.9 Å². The number of carbonyl (C=O) groups is 1. The summed E-state index contributed by atoms with van der Waals surface area (Å²) in [6, 6.07) is 8.47. The maximum Gasteiger partial charge on any atom is 0.241 e. The van der Waals surface area contributed by atoms with Crippen LogP contribution in [0, 0.1) is 0 Å². The summed E-state index contributed by atoms with van der Waals surface area (Å²) in [5, 5.41) is 0. The lowest BCUT2D eigenvalue weighted by Crippen LogP contribution is -2.48. The molecule has 3 aliphatic rings. The summed E-state index contributed by atoms with van der Waals surface area (Å²) in [6.45, 7) is 0. The van der Waals surface area contributed by atoms with Crippen LogP contribution < -0.4 is 15.2 Å². The quantitative estimate of drug-likeness (QED) is 0.741. The molecule has 1 fully saturated rings. The molecule has 2 aromatic rings. The van der Waals surface area contributed by atoms with Crippen molar-refractivity contribution in [2.75, 3.05) is 7.11 Å². The Labute approximate surface area is 176 Å². The van der Waals surface area contributed by atoms with E-state index in [-0.39, 0.29) is 10.8 Å². The Hall–Kier alpha value is -2.38. The molecular formula is C23H26N2O4S. The van der Waals surface area contributed by atoms with Gasteiger partial charge in [0.25, 0.3) is 0 Å². The number of carbonyl (C=O) groups excluding carboxylic acids is 1. The van der Waals surface area contributed by atoms with E-state index in [1.807, 2.05) is 0 Å². The van der Waals surface area contributed by atoms with E-state index < -0.39 is 21.5 Å². The van der Waals surface area contributed by atoms with Gasteiger partial charge in [-0.25, -0.2) is 8.42 Å². The van der Waals surface area contributed by atoms with Gasteiger partial charge in [0.05, 0.1) is 12.0 Å². The summed E-state index contributed by atoms with van der Waals surface area (Å²) in [4.78, 5) is 12.6. The largest absolute Gasteiger partial charge is 0.497 e.